The summed E-state index contributed by atoms with van der Waals surface area (Å²) in [7, 11) is 0. The second kappa shape index (κ2) is 9.42. The van der Waals surface area contributed by atoms with Crippen molar-refractivity contribution in [2.75, 3.05) is 0 Å². The highest BCUT2D eigenvalue weighted by Crippen LogP contribution is 2.22. The zero-order valence-corrected chi connectivity index (χ0v) is 13.2. The Morgan fingerprint density at radius 2 is 1.71 bits per heavy atom. The van der Waals surface area contributed by atoms with Gasteiger partial charge in [-0.15, -0.1) is 0 Å². The number of aromatic nitrogens is 2. The highest BCUT2D eigenvalue weighted by atomic mass is 16.4. The van der Waals surface area contributed by atoms with E-state index in [1.165, 1.54) is 42.8 Å². The van der Waals surface area contributed by atoms with Crippen LogP contribution in [-0.2, 0) is 4.79 Å². The second-order valence-electron chi connectivity index (χ2n) is 6.11. The third-order valence-electron chi connectivity index (χ3n) is 3.78. The molecule has 0 aliphatic carbocycles. The number of imidazole rings is 1. The molecule has 0 spiro atoms. The maximum atomic E-state index is 11.3. The summed E-state index contributed by atoms with van der Waals surface area (Å²) in [5.41, 5.74) is 0. The van der Waals surface area contributed by atoms with Crippen LogP contribution >= 0.6 is 0 Å². The molecule has 1 unspecified atom stereocenters. The fraction of sp³-hybridized carbons (Fsp3) is 0.750. The summed E-state index contributed by atoms with van der Waals surface area (Å²) in [4.78, 5) is 15.0. The van der Waals surface area contributed by atoms with E-state index in [0.29, 0.717) is 6.42 Å². The van der Waals surface area contributed by atoms with Crippen LogP contribution in [0, 0.1) is 5.92 Å². The highest BCUT2D eigenvalue weighted by molar-refractivity contribution is 5.72. The van der Waals surface area contributed by atoms with Gasteiger partial charge in [-0.1, -0.05) is 58.8 Å². The Kier molecular flexibility index (Phi) is 7.87. The minimum atomic E-state index is -0.916. The van der Waals surface area contributed by atoms with Gasteiger partial charge in [0.15, 0.2) is 0 Å². The first-order chi connectivity index (χ1) is 10.0. The van der Waals surface area contributed by atoms with Crippen LogP contribution in [0.2, 0.25) is 0 Å². The molecule has 0 fully saturated rings. The molecule has 0 bridgehead atoms. The lowest BCUT2D eigenvalue weighted by Crippen LogP contribution is -2.18. The summed E-state index contributed by atoms with van der Waals surface area (Å²) < 4.78 is 1.32. The number of hydrogen-bond donors (Lipinski definition) is 2. The number of aromatic hydroxyl groups is 1. The molecule has 1 heterocycles. The van der Waals surface area contributed by atoms with Crippen LogP contribution in [0.3, 0.4) is 0 Å². The first-order valence-electron chi connectivity index (χ1n) is 7.96. The first kappa shape index (κ1) is 17.5. The summed E-state index contributed by atoms with van der Waals surface area (Å²) in [6, 6.07) is -0.714. The first-order valence-corrected chi connectivity index (χ1v) is 7.96. The van der Waals surface area contributed by atoms with Crippen molar-refractivity contribution in [1.82, 2.24) is 9.55 Å². The average molecular weight is 296 g/mol. The summed E-state index contributed by atoms with van der Waals surface area (Å²) in [6.45, 7) is 4.50. The zero-order chi connectivity index (χ0) is 15.7. The SMILES string of the molecule is CC(C)CCCCCCCCC(C(=O)O)n1cncc1O. The maximum Gasteiger partial charge on any atom is 0.326 e. The Morgan fingerprint density at radius 1 is 1.14 bits per heavy atom. The minimum Gasteiger partial charge on any atom is -0.493 e. The van der Waals surface area contributed by atoms with Gasteiger partial charge in [0, 0.05) is 0 Å². The van der Waals surface area contributed by atoms with Gasteiger partial charge < -0.3 is 10.2 Å². The molecule has 5 nitrogen and oxygen atoms in total. The van der Waals surface area contributed by atoms with Crippen LogP contribution < -0.4 is 0 Å². The molecule has 1 rings (SSSR count). The van der Waals surface area contributed by atoms with Gasteiger partial charge in [0.25, 0.3) is 0 Å². The van der Waals surface area contributed by atoms with E-state index in [9.17, 15) is 15.0 Å². The lowest BCUT2D eigenvalue weighted by Gasteiger charge is -2.14. The molecule has 2 N–H and O–H groups in total. The third kappa shape index (κ3) is 6.65. The number of carboxylic acids is 1. The van der Waals surface area contributed by atoms with Crippen molar-refractivity contribution in [3.63, 3.8) is 0 Å². The van der Waals surface area contributed by atoms with Crippen LogP contribution in [0.4, 0.5) is 0 Å². The molecule has 0 aliphatic heterocycles. The number of nitrogens with zero attached hydrogens (tertiary/aromatic N) is 2. The zero-order valence-electron chi connectivity index (χ0n) is 13.2. The van der Waals surface area contributed by atoms with Crippen molar-refractivity contribution in [3.8, 4) is 5.88 Å². The maximum absolute atomic E-state index is 11.3. The van der Waals surface area contributed by atoms with E-state index in [4.69, 9.17) is 0 Å². The Bertz CT molecular complexity index is 415. The van der Waals surface area contributed by atoms with Crippen LogP contribution in [0.5, 0.6) is 5.88 Å². The molecule has 21 heavy (non-hydrogen) atoms. The third-order valence-corrected chi connectivity index (χ3v) is 3.78. The summed E-state index contributed by atoms with van der Waals surface area (Å²) in [5, 5.41) is 18.8. The summed E-state index contributed by atoms with van der Waals surface area (Å²) in [6.07, 6.45) is 11.3. The van der Waals surface area contributed by atoms with Crippen molar-refractivity contribution in [1.29, 1.82) is 0 Å². The Hall–Kier alpha value is -1.52. The Balaban J connectivity index is 2.18. The molecule has 1 atom stereocenters. The fourth-order valence-corrected chi connectivity index (χ4v) is 2.52. The lowest BCUT2D eigenvalue weighted by atomic mass is 10.0. The van der Waals surface area contributed by atoms with Gasteiger partial charge >= 0.3 is 5.97 Å². The van der Waals surface area contributed by atoms with Crippen molar-refractivity contribution in [2.24, 2.45) is 5.92 Å². The Morgan fingerprint density at radius 3 is 2.19 bits per heavy atom. The van der Waals surface area contributed by atoms with Crippen LogP contribution in [0.15, 0.2) is 12.5 Å². The van der Waals surface area contributed by atoms with Crippen molar-refractivity contribution in [2.45, 2.75) is 71.3 Å². The average Bonchev–Trinajstić information content (AvgIpc) is 2.82. The molecular formula is C16H28N2O3. The quantitative estimate of drug-likeness (QED) is 0.605. The van der Waals surface area contributed by atoms with Gasteiger partial charge in [-0.2, -0.15) is 0 Å². The molecule has 0 radical (unpaired) electrons. The molecule has 1 aromatic heterocycles. The van der Waals surface area contributed by atoms with Gasteiger partial charge in [0.2, 0.25) is 5.88 Å². The molecular weight excluding hydrogens is 268 g/mol. The molecule has 0 aliphatic rings. The van der Waals surface area contributed by atoms with E-state index in [-0.39, 0.29) is 5.88 Å². The summed E-state index contributed by atoms with van der Waals surface area (Å²) in [5.74, 6) is -0.222. The van der Waals surface area contributed by atoms with Gasteiger partial charge in [-0.05, 0) is 12.3 Å². The van der Waals surface area contributed by atoms with Gasteiger partial charge in [-0.3, -0.25) is 4.57 Å². The smallest absolute Gasteiger partial charge is 0.326 e. The second-order valence-corrected chi connectivity index (χ2v) is 6.11. The van der Waals surface area contributed by atoms with E-state index in [1.54, 1.807) is 0 Å². The van der Waals surface area contributed by atoms with Gasteiger partial charge in [0.1, 0.15) is 6.04 Å². The van der Waals surface area contributed by atoms with Gasteiger partial charge in [-0.25, -0.2) is 9.78 Å². The Labute approximate surface area is 127 Å². The topological polar surface area (TPSA) is 75.3 Å². The van der Waals surface area contributed by atoms with Crippen molar-refractivity contribution in [3.05, 3.63) is 12.5 Å². The van der Waals surface area contributed by atoms with E-state index < -0.39 is 12.0 Å². The largest absolute Gasteiger partial charge is 0.493 e. The van der Waals surface area contributed by atoms with E-state index in [0.717, 1.165) is 25.2 Å². The summed E-state index contributed by atoms with van der Waals surface area (Å²) >= 11 is 0. The fourth-order valence-electron chi connectivity index (χ4n) is 2.52. The van der Waals surface area contributed by atoms with E-state index >= 15 is 0 Å². The van der Waals surface area contributed by atoms with Crippen molar-refractivity contribution < 1.29 is 15.0 Å². The van der Waals surface area contributed by atoms with Gasteiger partial charge in [0.05, 0.1) is 12.5 Å². The number of carbonyl (C=O) groups is 1. The van der Waals surface area contributed by atoms with E-state index in [2.05, 4.69) is 18.8 Å². The lowest BCUT2D eigenvalue weighted by molar-refractivity contribution is -0.141. The predicted molar refractivity (Wildman–Crippen MR) is 82.3 cm³/mol. The van der Waals surface area contributed by atoms with Crippen LogP contribution in [-0.4, -0.2) is 25.7 Å². The number of aliphatic carboxylic acids is 1. The normalized spacial score (nSPS) is 12.7. The molecule has 0 saturated carbocycles. The molecule has 0 saturated heterocycles. The molecule has 120 valence electrons. The molecule has 5 heteroatoms. The monoisotopic (exact) mass is 296 g/mol. The standard InChI is InChI=1S/C16H28N2O3/c1-13(2)9-7-5-3-4-6-8-10-14(16(20)21)18-12-17-11-15(18)19/h11-14,19H,3-10H2,1-2H3,(H,20,21). The van der Waals surface area contributed by atoms with Crippen LogP contribution in [0.25, 0.3) is 0 Å². The number of carboxylic acid groups (broad SMARTS) is 1. The molecule has 1 aromatic rings. The number of unbranched alkanes of at least 4 members (excludes halogenated alkanes) is 5. The highest BCUT2D eigenvalue weighted by Gasteiger charge is 2.21. The van der Waals surface area contributed by atoms with Crippen molar-refractivity contribution >= 4 is 5.97 Å². The number of rotatable bonds is 11. The number of hydrogen-bond acceptors (Lipinski definition) is 3. The van der Waals surface area contributed by atoms with Crippen LogP contribution in [0.1, 0.15) is 71.3 Å². The molecule has 0 amide bonds. The predicted octanol–water partition coefficient (Wildman–Crippen LogP) is 3.99. The minimum absolute atomic E-state index is 0.0870. The molecule has 0 aromatic carbocycles. The van der Waals surface area contributed by atoms with E-state index in [1.807, 2.05) is 0 Å².